The van der Waals surface area contributed by atoms with Gasteiger partial charge in [-0.1, -0.05) is 6.07 Å². The normalized spacial score (nSPS) is 18.0. The second kappa shape index (κ2) is 8.17. The van der Waals surface area contributed by atoms with E-state index in [1.807, 2.05) is 31.2 Å². The number of methoxy groups -OCH3 is 2. The Morgan fingerprint density at radius 3 is 2.65 bits per heavy atom. The first-order valence-corrected chi connectivity index (χ1v) is 7.94. The van der Waals surface area contributed by atoms with Crippen LogP contribution < -0.4 is 20.1 Å². The van der Waals surface area contributed by atoms with E-state index in [0.717, 1.165) is 24.6 Å². The molecule has 23 heavy (non-hydrogen) atoms. The van der Waals surface area contributed by atoms with Gasteiger partial charge >= 0.3 is 0 Å². The van der Waals surface area contributed by atoms with Gasteiger partial charge in [0.05, 0.1) is 13.7 Å². The molecule has 1 aliphatic heterocycles. The highest BCUT2D eigenvalue weighted by molar-refractivity contribution is 5.85. The van der Waals surface area contributed by atoms with E-state index in [9.17, 15) is 4.79 Å². The van der Waals surface area contributed by atoms with E-state index in [0.29, 0.717) is 19.4 Å². The molecule has 1 fully saturated rings. The van der Waals surface area contributed by atoms with E-state index in [2.05, 4.69) is 10.6 Å². The lowest BCUT2D eigenvalue weighted by Crippen LogP contribution is -2.55. The van der Waals surface area contributed by atoms with Crippen LogP contribution in [0.1, 0.15) is 19.8 Å². The van der Waals surface area contributed by atoms with Gasteiger partial charge in [-0.25, -0.2) is 0 Å². The molecular formula is C17H26N2O4. The molecule has 1 aliphatic rings. The fourth-order valence-corrected chi connectivity index (χ4v) is 2.70. The van der Waals surface area contributed by atoms with Gasteiger partial charge in [-0.3, -0.25) is 4.79 Å². The van der Waals surface area contributed by atoms with Crippen molar-refractivity contribution in [1.29, 1.82) is 0 Å². The SMILES string of the molecule is COc1cccc(OC(C)CNC(=O)C2(OC)CCNCC2)c1. The maximum Gasteiger partial charge on any atom is 0.252 e. The molecule has 1 atom stereocenters. The zero-order valence-electron chi connectivity index (χ0n) is 14.1. The molecule has 0 aromatic heterocycles. The van der Waals surface area contributed by atoms with Crippen molar-refractivity contribution in [3.63, 3.8) is 0 Å². The summed E-state index contributed by atoms with van der Waals surface area (Å²) in [6, 6.07) is 7.42. The molecule has 1 aromatic rings. The monoisotopic (exact) mass is 322 g/mol. The first kappa shape index (κ1) is 17.6. The van der Waals surface area contributed by atoms with Gasteiger partial charge in [-0.2, -0.15) is 0 Å². The molecule has 1 aromatic carbocycles. The van der Waals surface area contributed by atoms with Crippen LogP contribution in [-0.4, -0.2) is 51.5 Å². The average molecular weight is 322 g/mol. The highest BCUT2D eigenvalue weighted by Crippen LogP contribution is 2.23. The topological polar surface area (TPSA) is 68.8 Å². The summed E-state index contributed by atoms with van der Waals surface area (Å²) >= 11 is 0. The van der Waals surface area contributed by atoms with Gasteiger partial charge in [0.15, 0.2) is 0 Å². The molecule has 6 heteroatoms. The third-order valence-electron chi connectivity index (χ3n) is 4.14. The standard InChI is InChI=1S/C17H26N2O4/c1-13(23-15-6-4-5-14(11-15)21-2)12-19-16(20)17(22-3)7-9-18-10-8-17/h4-6,11,13,18H,7-10,12H2,1-3H3,(H,19,20). The van der Waals surface area contributed by atoms with Crippen LogP contribution in [0.5, 0.6) is 11.5 Å². The molecule has 128 valence electrons. The minimum Gasteiger partial charge on any atom is -0.497 e. The van der Waals surface area contributed by atoms with Gasteiger partial charge in [0.1, 0.15) is 23.2 Å². The summed E-state index contributed by atoms with van der Waals surface area (Å²) in [7, 11) is 3.22. The Kier molecular flexibility index (Phi) is 6.24. The summed E-state index contributed by atoms with van der Waals surface area (Å²) in [6.45, 7) is 3.92. The molecule has 2 N–H and O–H groups in total. The van der Waals surface area contributed by atoms with Crippen molar-refractivity contribution >= 4 is 5.91 Å². The summed E-state index contributed by atoms with van der Waals surface area (Å²) in [6.07, 6.45) is 1.21. The lowest BCUT2D eigenvalue weighted by Gasteiger charge is -2.35. The van der Waals surface area contributed by atoms with Crippen molar-refractivity contribution in [1.82, 2.24) is 10.6 Å². The zero-order chi connectivity index (χ0) is 16.7. The number of benzene rings is 1. The largest absolute Gasteiger partial charge is 0.497 e. The minimum atomic E-state index is -0.721. The van der Waals surface area contributed by atoms with Crippen molar-refractivity contribution in [2.45, 2.75) is 31.5 Å². The van der Waals surface area contributed by atoms with Gasteiger partial charge in [0.25, 0.3) is 5.91 Å². The van der Waals surface area contributed by atoms with Crippen LogP contribution in [0.4, 0.5) is 0 Å². The minimum absolute atomic E-state index is 0.0670. The summed E-state index contributed by atoms with van der Waals surface area (Å²) < 4.78 is 16.5. The molecule has 1 saturated heterocycles. The molecular weight excluding hydrogens is 296 g/mol. The molecule has 1 amide bonds. The molecule has 2 rings (SSSR count). The van der Waals surface area contributed by atoms with E-state index in [4.69, 9.17) is 14.2 Å². The highest BCUT2D eigenvalue weighted by Gasteiger charge is 2.39. The molecule has 6 nitrogen and oxygen atoms in total. The summed E-state index contributed by atoms with van der Waals surface area (Å²) in [5.74, 6) is 1.39. The highest BCUT2D eigenvalue weighted by atomic mass is 16.5. The van der Waals surface area contributed by atoms with Crippen LogP contribution in [0.2, 0.25) is 0 Å². The quantitative estimate of drug-likeness (QED) is 0.793. The molecule has 0 bridgehead atoms. The smallest absolute Gasteiger partial charge is 0.252 e. The van der Waals surface area contributed by atoms with E-state index >= 15 is 0 Å². The van der Waals surface area contributed by atoms with Crippen LogP contribution in [0.3, 0.4) is 0 Å². The molecule has 1 heterocycles. The lowest BCUT2D eigenvalue weighted by molar-refractivity contribution is -0.147. The van der Waals surface area contributed by atoms with Crippen LogP contribution in [0.15, 0.2) is 24.3 Å². The fourth-order valence-electron chi connectivity index (χ4n) is 2.70. The maximum atomic E-state index is 12.5. The van der Waals surface area contributed by atoms with E-state index in [1.165, 1.54) is 0 Å². The Labute approximate surface area is 137 Å². The lowest BCUT2D eigenvalue weighted by atomic mass is 9.91. The van der Waals surface area contributed by atoms with Crippen LogP contribution in [0.25, 0.3) is 0 Å². The maximum absolute atomic E-state index is 12.5. The van der Waals surface area contributed by atoms with E-state index in [-0.39, 0.29) is 12.0 Å². The number of hydrogen-bond acceptors (Lipinski definition) is 5. The Morgan fingerprint density at radius 1 is 1.30 bits per heavy atom. The van der Waals surface area contributed by atoms with Crippen molar-refractivity contribution in [3.8, 4) is 11.5 Å². The number of carbonyl (C=O) groups is 1. The molecule has 0 saturated carbocycles. The predicted molar refractivity (Wildman–Crippen MR) is 87.9 cm³/mol. The van der Waals surface area contributed by atoms with Crippen LogP contribution >= 0.6 is 0 Å². The third-order valence-corrected chi connectivity index (χ3v) is 4.14. The molecule has 0 spiro atoms. The number of nitrogens with one attached hydrogen (secondary N) is 2. The van der Waals surface area contributed by atoms with Crippen molar-refractivity contribution < 1.29 is 19.0 Å². The van der Waals surface area contributed by atoms with Gasteiger partial charge in [-0.05, 0) is 45.0 Å². The summed E-state index contributed by atoms with van der Waals surface area (Å²) in [5, 5.41) is 6.19. The van der Waals surface area contributed by atoms with Crippen LogP contribution in [0, 0.1) is 0 Å². The van der Waals surface area contributed by atoms with E-state index in [1.54, 1.807) is 14.2 Å². The number of piperidine rings is 1. The van der Waals surface area contributed by atoms with Gasteiger partial charge < -0.3 is 24.8 Å². The van der Waals surface area contributed by atoms with Gasteiger partial charge in [0.2, 0.25) is 0 Å². The van der Waals surface area contributed by atoms with Crippen LogP contribution in [-0.2, 0) is 9.53 Å². The third kappa shape index (κ3) is 4.59. The Bertz CT molecular complexity index is 515. The number of hydrogen-bond donors (Lipinski definition) is 2. The van der Waals surface area contributed by atoms with Crippen molar-refractivity contribution in [2.24, 2.45) is 0 Å². The van der Waals surface area contributed by atoms with E-state index < -0.39 is 5.60 Å². The van der Waals surface area contributed by atoms with Crippen molar-refractivity contribution in [3.05, 3.63) is 24.3 Å². The Hall–Kier alpha value is -1.79. The number of amides is 1. The average Bonchev–Trinajstić information content (AvgIpc) is 2.60. The second-order valence-electron chi connectivity index (χ2n) is 5.77. The first-order valence-electron chi connectivity index (χ1n) is 7.94. The van der Waals surface area contributed by atoms with Crippen molar-refractivity contribution in [2.75, 3.05) is 33.9 Å². The second-order valence-corrected chi connectivity index (χ2v) is 5.77. The molecule has 0 radical (unpaired) electrons. The predicted octanol–water partition coefficient (Wildman–Crippen LogP) is 1.35. The Morgan fingerprint density at radius 2 is 2.00 bits per heavy atom. The molecule has 1 unspecified atom stereocenters. The first-order chi connectivity index (χ1) is 11.1. The zero-order valence-corrected chi connectivity index (χ0v) is 14.1. The van der Waals surface area contributed by atoms with Gasteiger partial charge in [0, 0.05) is 13.2 Å². The summed E-state index contributed by atoms with van der Waals surface area (Å²) in [5.41, 5.74) is -0.721. The number of rotatable bonds is 7. The van der Waals surface area contributed by atoms with Gasteiger partial charge in [-0.15, -0.1) is 0 Å². The number of ether oxygens (including phenoxy) is 3. The Balaban J connectivity index is 1.85. The number of carbonyl (C=O) groups excluding carboxylic acids is 1. The summed E-state index contributed by atoms with van der Waals surface area (Å²) in [4.78, 5) is 12.5. The fraction of sp³-hybridized carbons (Fsp3) is 0.588. The molecule has 0 aliphatic carbocycles.